The highest BCUT2D eigenvalue weighted by Gasteiger charge is 2.40. The molecule has 4 atom stereocenters. The van der Waals surface area contributed by atoms with Crippen molar-refractivity contribution in [3.63, 3.8) is 0 Å². The van der Waals surface area contributed by atoms with Gasteiger partial charge in [0.05, 0.1) is 12.1 Å². The van der Waals surface area contributed by atoms with E-state index in [0.717, 1.165) is 43.0 Å². The summed E-state index contributed by atoms with van der Waals surface area (Å²) in [5, 5.41) is 8.23. The minimum atomic E-state index is -0.729. The SMILES string of the molecule is CC(=C[C@H](C(C)C)N(C)C(=O)[C@@H](NC(=O)[C@H]1CCCCN1C)C(C)(C)C)C(=O)N1CCC[C@H]1C(=O)Nc1ccc2ccccc2c1. The van der Waals surface area contributed by atoms with Crippen LogP contribution in [0, 0.1) is 11.3 Å². The number of nitrogens with one attached hydrogen (secondary N) is 2. The Morgan fingerprint density at radius 1 is 0.913 bits per heavy atom. The lowest BCUT2D eigenvalue weighted by molar-refractivity contribution is -0.141. The second-order valence-corrected chi connectivity index (χ2v) is 14.5. The molecule has 0 aliphatic carbocycles. The summed E-state index contributed by atoms with van der Waals surface area (Å²) in [6.45, 7) is 13.0. The smallest absolute Gasteiger partial charge is 0.249 e. The Morgan fingerprint density at radius 2 is 1.59 bits per heavy atom. The van der Waals surface area contributed by atoms with Gasteiger partial charge in [0, 0.05) is 24.9 Å². The fourth-order valence-electron chi connectivity index (χ4n) is 6.72. The Labute approximate surface area is 274 Å². The van der Waals surface area contributed by atoms with E-state index < -0.39 is 17.5 Å². The van der Waals surface area contributed by atoms with E-state index in [4.69, 9.17) is 0 Å². The van der Waals surface area contributed by atoms with Gasteiger partial charge in [-0.15, -0.1) is 0 Å². The Kier molecular flexibility index (Phi) is 11.3. The van der Waals surface area contributed by atoms with Gasteiger partial charge in [-0.2, -0.15) is 0 Å². The Bertz CT molecular complexity index is 1460. The van der Waals surface area contributed by atoms with Crippen LogP contribution in [0.3, 0.4) is 0 Å². The lowest BCUT2D eigenvalue weighted by Crippen LogP contribution is -2.59. The lowest BCUT2D eigenvalue weighted by Gasteiger charge is -2.39. The van der Waals surface area contributed by atoms with E-state index in [1.54, 1.807) is 23.8 Å². The highest BCUT2D eigenvalue weighted by atomic mass is 16.2. The third-order valence-corrected chi connectivity index (χ3v) is 9.54. The molecule has 0 saturated carbocycles. The number of carbonyl (C=O) groups excluding carboxylic acids is 4. The summed E-state index contributed by atoms with van der Waals surface area (Å²) in [5.41, 5.74) is 0.667. The molecule has 0 spiro atoms. The molecule has 0 aromatic heterocycles. The summed E-state index contributed by atoms with van der Waals surface area (Å²) in [6.07, 6.45) is 6.01. The van der Waals surface area contributed by atoms with Crippen molar-refractivity contribution in [1.82, 2.24) is 20.0 Å². The molecule has 2 aliphatic heterocycles. The van der Waals surface area contributed by atoms with Gasteiger partial charge in [-0.3, -0.25) is 24.1 Å². The summed E-state index contributed by atoms with van der Waals surface area (Å²) >= 11 is 0. The summed E-state index contributed by atoms with van der Waals surface area (Å²) in [6, 6.07) is 11.8. The zero-order valence-corrected chi connectivity index (χ0v) is 28.9. The minimum Gasteiger partial charge on any atom is -0.342 e. The first-order chi connectivity index (χ1) is 21.7. The second kappa shape index (κ2) is 14.8. The van der Waals surface area contributed by atoms with Gasteiger partial charge in [0.25, 0.3) is 0 Å². The van der Waals surface area contributed by atoms with Gasteiger partial charge in [0.1, 0.15) is 12.1 Å². The monoisotopic (exact) mass is 631 g/mol. The quantitative estimate of drug-likeness (QED) is 0.370. The van der Waals surface area contributed by atoms with Crippen molar-refractivity contribution in [2.75, 3.05) is 32.5 Å². The zero-order chi connectivity index (χ0) is 33.8. The highest BCUT2D eigenvalue weighted by Crippen LogP contribution is 2.27. The maximum Gasteiger partial charge on any atom is 0.249 e. The molecule has 4 amide bonds. The molecule has 2 aliphatic rings. The van der Waals surface area contributed by atoms with Crippen LogP contribution in [0.4, 0.5) is 5.69 Å². The van der Waals surface area contributed by atoms with E-state index in [9.17, 15) is 19.2 Å². The van der Waals surface area contributed by atoms with Crippen LogP contribution in [0.5, 0.6) is 0 Å². The van der Waals surface area contributed by atoms with Gasteiger partial charge in [-0.25, -0.2) is 0 Å². The first-order valence-electron chi connectivity index (χ1n) is 16.8. The third kappa shape index (κ3) is 8.16. The largest absolute Gasteiger partial charge is 0.342 e. The molecular formula is C37H53N5O4. The average molecular weight is 632 g/mol. The molecule has 0 unspecified atom stereocenters. The predicted molar refractivity (Wildman–Crippen MR) is 184 cm³/mol. The van der Waals surface area contributed by atoms with E-state index in [1.807, 2.05) is 90.2 Å². The third-order valence-electron chi connectivity index (χ3n) is 9.54. The number of likely N-dealkylation sites (tertiary alicyclic amines) is 2. The second-order valence-electron chi connectivity index (χ2n) is 14.5. The Balaban J connectivity index is 1.48. The number of fused-ring (bicyclic) bond motifs is 1. The van der Waals surface area contributed by atoms with Crippen molar-refractivity contribution in [3.05, 3.63) is 54.1 Å². The molecule has 0 radical (unpaired) electrons. The van der Waals surface area contributed by atoms with E-state index in [1.165, 1.54) is 0 Å². The van der Waals surface area contributed by atoms with Crippen LogP contribution < -0.4 is 10.6 Å². The topological polar surface area (TPSA) is 102 Å². The molecule has 250 valence electrons. The maximum absolute atomic E-state index is 14.1. The number of anilines is 1. The molecule has 9 heteroatoms. The van der Waals surface area contributed by atoms with Gasteiger partial charge >= 0.3 is 0 Å². The number of hydrogen-bond donors (Lipinski definition) is 2. The van der Waals surface area contributed by atoms with E-state index in [0.29, 0.717) is 24.2 Å². The number of rotatable bonds is 9. The van der Waals surface area contributed by atoms with E-state index >= 15 is 0 Å². The molecule has 2 fully saturated rings. The predicted octanol–water partition coefficient (Wildman–Crippen LogP) is 5.21. The van der Waals surface area contributed by atoms with Crippen molar-refractivity contribution in [2.24, 2.45) is 11.3 Å². The number of piperidine rings is 1. The van der Waals surface area contributed by atoms with Crippen molar-refractivity contribution in [3.8, 4) is 0 Å². The van der Waals surface area contributed by atoms with Crippen LogP contribution in [0.25, 0.3) is 10.8 Å². The van der Waals surface area contributed by atoms with Gasteiger partial charge < -0.3 is 20.4 Å². The van der Waals surface area contributed by atoms with Gasteiger partial charge in [0.2, 0.25) is 23.6 Å². The highest BCUT2D eigenvalue weighted by molar-refractivity contribution is 6.02. The van der Waals surface area contributed by atoms with E-state index in [-0.39, 0.29) is 41.6 Å². The van der Waals surface area contributed by atoms with E-state index in [2.05, 4.69) is 15.5 Å². The van der Waals surface area contributed by atoms with Crippen LogP contribution >= 0.6 is 0 Å². The van der Waals surface area contributed by atoms with Crippen LogP contribution in [-0.4, -0.2) is 89.7 Å². The standard InChI is InChI=1S/C37H53N5O4/c1-24(2)31(41(8)36(46)32(37(4,5)6)39-33(43)29-16-11-12-20-40(29)7)22-25(3)35(45)42-21-13-17-30(42)34(44)38-28-19-18-26-14-9-10-15-27(26)23-28/h9-10,14-15,18-19,22-24,29-32H,11-13,16-17,20-21H2,1-8H3,(H,38,44)(H,39,43)/t29-,30+,31-,32-/m1/s1. The maximum atomic E-state index is 14.1. The molecule has 2 saturated heterocycles. The number of likely N-dealkylation sites (N-methyl/N-ethyl adjacent to an activating group) is 2. The Hall–Kier alpha value is -3.72. The summed E-state index contributed by atoms with van der Waals surface area (Å²) < 4.78 is 0. The normalized spacial score (nSPS) is 20.8. The number of nitrogens with zero attached hydrogens (tertiary/aromatic N) is 3. The summed E-state index contributed by atoms with van der Waals surface area (Å²) in [7, 11) is 3.70. The van der Waals surface area contributed by atoms with Crippen LogP contribution in [0.1, 0.15) is 73.6 Å². The first-order valence-corrected chi connectivity index (χ1v) is 16.8. The van der Waals surface area contributed by atoms with Crippen molar-refractivity contribution in [1.29, 1.82) is 0 Å². The number of benzene rings is 2. The zero-order valence-electron chi connectivity index (χ0n) is 28.9. The van der Waals surface area contributed by atoms with Crippen LogP contribution in [0.2, 0.25) is 0 Å². The fraction of sp³-hybridized carbons (Fsp3) is 0.568. The van der Waals surface area contributed by atoms with Crippen molar-refractivity contribution in [2.45, 2.75) is 97.8 Å². The first kappa shape index (κ1) is 35.1. The minimum absolute atomic E-state index is 0.00285. The average Bonchev–Trinajstić information content (AvgIpc) is 3.51. The fourth-order valence-corrected chi connectivity index (χ4v) is 6.72. The number of hydrogen-bond acceptors (Lipinski definition) is 5. The molecule has 2 N–H and O–H groups in total. The summed E-state index contributed by atoms with van der Waals surface area (Å²) in [4.78, 5) is 60.0. The van der Waals surface area contributed by atoms with Crippen molar-refractivity contribution < 1.29 is 19.2 Å². The molecule has 9 nitrogen and oxygen atoms in total. The van der Waals surface area contributed by atoms with Gasteiger partial charge in [-0.1, -0.05) is 77.4 Å². The molecule has 2 aromatic carbocycles. The van der Waals surface area contributed by atoms with Gasteiger partial charge in [-0.05, 0) is 80.4 Å². The molecule has 2 aromatic rings. The van der Waals surface area contributed by atoms with Crippen LogP contribution in [-0.2, 0) is 19.2 Å². The summed E-state index contributed by atoms with van der Waals surface area (Å²) in [5.74, 6) is -0.710. The molecule has 46 heavy (non-hydrogen) atoms. The Morgan fingerprint density at radius 3 is 2.24 bits per heavy atom. The number of carbonyl (C=O) groups is 4. The molecule has 4 rings (SSSR count). The number of amides is 4. The van der Waals surface area contributed by atoms with Crippen LogP contribution in [0.15, 0.2) is 54.1 Å². The molecule has 0 bridgehead atoms. The van der Waals surface area contributed by atoms with Crippen molar-refractivity contribution >= 4 is 40.1 Å². The molecule has 2 heterocycles. The molecular weight excluding hydrogens is 578 g/mol. The van der Waals surface area contributed by atoms with Gasteiger partial charge in [0.15, 0.2) is 0 Å². The lowest BCUT2D eigenvalue weighted by atomic mass is 9.84.